The van der Waals surface area contributed by atoms with Crippen LogP contribution in [-0.2, 0) is 32.5 Å². The van der Waals surface area contributed by atoms with Gasteiger partial charge in [-0.1, -0.05) is 23.7 Å². The number of carboxylic acids is 1. The van der Waals surface area contributed by atoms with Crippen molar-refractivity contribution in [1.82, 2.24) is 4.90 Å². The van der Waals surface area contributed by atoms with Crippen LogP contribution in [0.2, 0.25) is 5.02 Å². The Morgan fingerprint density at radius 1 is 1.17 bits per heavy atom. The summed E-state index contributed by atoms with van der Waals surface area (Å²) < 4.78 is 39.9. The van der Waals surface area contributed by atoms with Crippen LogP contribution in [0.5, 0.6) is 0 Å². The lowest BCUT2D eigenvalue weighted by Gasteiger charge is -2.37. The highest BCUT2D eigenvalue weighted by molar-refractivity contribution is 6.32. The predicted octanol–water partition coefficient (Wildman–Crippen LogP) is 4.28. The number of carbonyl (C=O) groups excluding carboxylic acids is 3. The molecule has 0 radical (unpaired) electrons. The van der Waals surface area contributed by atoms with E-state index in [0.29, 0.717) is 16.2 Å². The molecular formula is C24H21ClF3N3O5. The number of aliphatic carboxylic acids is 1. The van der Waals surface area contributed by atoms with Crippen LogP contribution in [0.1, 0.15) is 30.5 Å². The van der Waals surface area contributed by atoms with Crippen molar-refractivity contribution in [2.45, 2.75) is 32.0 Å². The second-order valence-corrected chi connectivity index (χ2v) is 9.55. The first-order chi connectivity index (χ1) is 16.7. The van der Waals surface area contributed by atoms with Crippen molar-refractivity contribution >= 4 is 46.8 Å². The van der Waals surface area contributed by atoms with Gasteiger partial charge in [0.05, 0.1) is 22.5 Å². The van der Waals surface area contributed by atoms with Crippen LogP contribution in [0.25, 0.3) is 0 Å². The van der Waals surface area contributed by atoms with Crippen molar-refractivity contribution in [1.29, 1.82) is 0 Å². The molecule has 0 aliphatic carbocycles. The molecule has 1 atom stereocenters. The molecule has 2 aliphatic rings. The van der Waals surface area contributed by atoms with Gasteiger partial charge in [-0.2, -0.15) is 13.2 Å². The highest BCUT2D eigenvalue weighted by Gasteiger charge is 2.46. The lowest BCUT2D eigenvalue weighted by Crippen LogP contribution is -2.58. The number of imide groups is 1. The largest absolute Gasteiger partial charge is 0.481 e. The molecule has 1 saturated heterocycles. The Bertz CT molecular complexity index is 1310. The molecule has 2 heterocycles. The third-order valence-corrected chi connectivity index (χ3v) is 7.01. The summed E-state index contributed by atoms with van der Waals surface area (Å²) in [6, 6.07) is 6.89. The van der Waals surface area contributed by atoms with Gasteiger partial charge in [-0.25, -0.2) is 4.79 Å². The summed E-state index contributed by atoms with van der Waals surface area (Å²) in [7, 11) is 1.61. The SMILES string of the molecule is CN1C(=O)C(C)(C)c2cc(N3CC(C(=O)O)C(=O)N(Cc4cccc(C(F)(F)F)c4Cl)C3=O)ccc21. The number of hydrogen-bond acceptors (Lipinski definition) is 4. The van der Waals surface area contributed by atoms with Crippen LogP contribution in [0.15, 0.2) is 36.4 Å². The molecule has 2 aromatic rings. The van der Waals surface area contributed by atoms with E-state index >= 15 is 0 Å². The van der Waals surface area contributed by atoms with E-state index in [-0.39, 0.29) is 17.2 Å². The Balaban J connectivity index is 1.75. The standard InChI is InChI=1S/C24H21ClF3N3O5/c1-23(2)16-9-13(7-8-17(16)29(3)21(23)35)30-11-14(20(33)34)19(32)31(22(30)36)10-12-5-4-6-15(18(12)25)24(26,27)28/h4-9,14H,10-11H2,1-3H3,(H,33,34). The molecule has 12 heteroatoms. The Morgan fingerprint density at radius 3 is 2.44 bits per heavy atom. The molecule has 0 saturated carbocycles. The maximum absolute atomic E-state index is 13.4. The normalized spacial score (nSPS) is 19.7. The van der Waals surface area contributed by atoms with Crippen molar-refractivity contribution in [3.05, 3.63) is 58.1 Å². The van der Waals surface area contributed by atoms with Crippen molar-refractivity contribution < 1.29 is 37.5 Å². The fraction of sp³-hybridized carbons (Fsp3) is 0.333. The average Bonchev–Trinajstić information content (AvgIpc) is 2.96. The first kappa shape index (κ1) is 25.5. The molecule has 0 spiro atoms. The minimum atomic E-state index is -4.76. The van der Waals surface area contributed by atoms with Crippen LogP contribution < -0.4 is 9.80 Å². The molecule has 8 nitrogen and oxygen atoms in total. The lowest BCUT2D eigenvalue weighted by atomic mass is 9.86. The molecule has 36 heavy (non-hydrogen) atoms. The fourth-order valence-electron chi connectivity index (χ4n) is 4.53. The van der Waals surface area contributed by atoms with Gasteiger partial charge in [-0.05, 0) is 49.2 Å². The molecule has 1 N–H and O–H groups in total. The Labute approximate surface area is 208 Å². The molecular weight excluding hydrogens is 503 g/mol. The number of amides is 4. The lowest BCUT2D eigenvalue weighted by molar-refractivity contribution is -0.150. The number of likely N-dealkylation sites (N-methyl/N-ethyl adjacent to an activating group) is 1. The number of rotatable bonds is 4. The van der Waals surface area contributed by atoms with Gasteiger partial charge in [0.15, 0.2) is 5.92 Å². The summed E-state index contributed by atoms with van der Waals surface area (Å²) in [6.07, 6.45) is -4.76. The molecule has 0 bridgehead atoms. The van der Waals surface area contributed by atoms with E-state index < -0.39 is 59.1 Å². The van der Waals surface area contributed by atoms with Gasteiger partial charge in [0, 0.05) is 25.0 Å². The van der Waals surface area contributed by atoms with Crippen molar-refractivity contribution in [3.63, 3.8) is 0 Å². The molecule has 190 valence electrons. The summed E-state index contributed by atoms with van der Waals surface area (Å²) in [5.41, 5.74) is -0.741. The zero-order chi connectivity index (χ0) is 26.7. The van der Waals surface area contributed by atoms with E-state index in [1.165, 1.54) is 17.0 Å². The smallest absolute Gasteiger partial charge is 0.417 e. The Hall–Kier alpha value is -3.60. The number of carbonyl (C=O) groups is 4. The first-order valence-electron chi connectivity index (χ1n) is 10.8. The number of nitrogens with zero attached hydrogens (tertiary/aromatic N) is 3. The van der Waals surface area contributed by atoms with Gasteiger partial charge in [0.25, 0.3) is 0 Å². The zero-order valence-electron chi connectivity index (χ0n) is 19.4. The Kier molecular flexibility index (Phi) is 6.02. The minimum Gasteiger partial charge on any atom is -0.481 e. The minimum absolute atomic E-state index is 0.165. The van der Waals surface area contributed by atoms with Crippen molar-refractivity contribution in [2.75, 3.05) is 23.4 Å². The zero-order valence-corrected chi connectivity index (χ0v) is 20.1. The highest BCUT2D eigenvalue weighted by atomic mass is 35.5. The monoisotopic (exact) mass is 523 g/mol. The van der Waals surface area contributed by atoms with Crippen LogP contribution >= 0.6 is 11.6 Å². The number of carboxylic acid groups (broad SMARTS) is 1. The molecule has 2 aromatic carbocycles. The predicted molar refractivity (Wildman–Crippen MR) is 124 cm³/mol. The number of urea groups is 1. The molecule has 4 rings (SSSR count). The molecule has 1 fully saturated rings. The average molecular weight is 524 g/mol. The molecule has 4 amide bonds. The van der Waals surface area contributed by atoms with E-state index in [4.69, 9.17) is 11.6 Å². The van der Waals surface area contributed by atoms with Crippen LogP contribution in [0.4, 0.5) is 29.3 Å². The van der Waals surface area contributed by atoms with E-state index in [1.807, 2.05) is 0 Å². The second-order valence-electron chi connectivity index (χ2n) is 9.18. The van der Waals surface area contributed by atoms with Gasteiger partial charge in [-0.3, -0.25) is 24.2 Å². The third kappa shape index (κ3) is 3.97. The van der Waals surface area contributed by atoms with Gasteiger partial charge < -0.3 is 10.0 Å². The molecule has 1 unspecified atom stereocenters. The number of hydrogen-bond donors (Lipinski definition) is 1. The maximum atomic E-state index is 13.4. The van der Waals surface area contributed by atoms with Crippen LogP contribution in [-0.4, -0.2) is 47.4 Å². The number of fused-ring (bicyclic) bond motifs is 1. The van der Waals surface area contributed by atoms with Crippen LogP contribution in [0.3, 0.4) is 0 Å². The second kappa shape index (κ2) is 8.51. The van der Waals surface area contributed by atoms with Gasteiger partial charge in [-0.15, -0.1) is 0 Å². The van der Waals surface area contributed by atoms with Crippen molar-refractivity contribution in [3.8, 4) is 0 Å². The van der Waals surface area contributed by atoms with Gasteiger partial charge in [0.1, 0.15) is 0 Å². The number of benzene rings is 2. The van der Waals surface area contributed by atoms with Gasteiger partial charge >= 0.3 is 18.2 Å². The maximum Gasteiger partial charge on any atom is 0.417 e. The summed E-state index contributed by atoms with van der Waals surface area (Å²) >= 11 is 5.95. The summed E-state index contributed by atoms with van der Waals surface area (Å²) in [5.74, 6) is -4.38. The fourth-order valence-corrected chi connectivity index (χ4v) is 4.82. The Morgan fingerprint density at radius 2 is 1.83 bits per heavy atom. The number of halogens is 4. The topological polar surface area (TPSA) is 98.2 Å². The van der Waals surface area contributed by atoms with E-state index in [2.05, 4.69) is 0 Å². The van der Waals surface area contributed by atoms with Crippen molar-refractivity contribution in [2.24, 2.45) is 5.92 Å². The number of alkyl halides is 3. The summed E-state index contributed by atoms with van der Waals surface area (Å²) in [6.45, 7) is 2.29. The highest BCUT2D eigenvalue weighted by Crippen LogP contribution is 2.43. The summed E-state index contributed by atoms with van der Waals surface area (Å²) in [4.78, 5) is 53.9. The van der Waals surface area contributed by atoms with E-state index in [9.17, 15) is 37.5 Å². The van der Waals surface area contributed by atoms with Crippen LogP contribution in [0, 0.1) is 5.92 Å². The summed E-state index contributed by atoms with van der Waals surface area (Å²) in [5, 5.41) is 8.96. The van der Waals surface area contributed by atoms with Gasteiger partial charge in [0.2, 0.25) is 11.8 Å². The quantitative estimate of drug-likeness (QED) is 0.603. The van der Waals surface area contributed by atoms with E-state index in [0.717, 1.165) is 17.0 Å². The third-order valence-electron chi connectivity index (χ3n) is 6.57. The molecule has 0 aromatic heterocycles. The van der Waals surface area contributed by atoms with E-state index in [1.54, 1.807) is 33.0 Å². The number of anilines is 2. The molecule has 2 aliphatic heterocycles. The first-order valence-corrected chi connectivity index (χ1v) is 11.2.